The number of rotatable bonds is 6. The molecule has 0 atom stereocenters. The average Bonchev–Trinajstić information content (AvgIpc) is 3.21. The van der Waals surface area contributed by atoms with Crippen molar-refractivity contribution in [1.29, 1.82) is 0 Å². The topological polar surface area (TPSA) is 58.6 Å². The maximum atomic E-state index is 12.5. The van der Waals surface area contributed by atoms with Crippen molar-refractivity contribution in [2.75, 3.05) is 19.7 Å². The van der Waals surface area contributed by atoms with E-state index in [0.29, 0.717) is 24.0 Å². The maximum absolute atomic E-state index is 12.5. The van der Waals surface area contributed by atoms with Crippen molar-refractivity contribution >= 4 is 11.8 Å². The number of amides is 2. The number of carbonyl (C=O) groups is 2. The zero-order valence-electron chi connectivity index (χ0n) is 16.6. The largest absolute Gasteiger partial charge is 0.493 e. The van der Waals surface area contributed by atoms with E-state index in [9.17, 15) is 9.59 Å². The summed E-state index contributed by atoms with van der Waals surface area (Å²) in [6, 6.07) is 7.44. The zero-order chi connectivity index (χ0) is 19.2. The van der Waals surface area contributed by atoms with Gasteiger partial charge in [0.15, 0.2) is 0 Å². The first kappa shape index (κ1) is 19.7. The third kappa shape index (κ3) is 5.47. The molecule has 1 aromatic carbocycles. The first-order valence-electron chi connectivity index (χ1n) is 10.4. The Morgan fingerprint density at radius 1 is 1.07 bits per heavy atom. The zero-order valence-corrected chi connectivity index (χ0v) is 16.6. The highest BCUT2D eigenvalue weighted by atomic mass is 16.5. The Balaban J connectivity index is 1.41. The van der Waals surface area contributed by atoms with Gasteiger partial charge < -0.3 is 15.0 Å². The predicted molar refractivity (Wildman–Crippen MR) is 106 cm³/mol. The van der Waals surface area contributed by atoms with Crippen LogP contribution in [0.4, 0.5) is 0 Å². The molecule has 5 heteroatoms. The third-order valence-corrected chi connectivity index (χ3v) is 5.65. The molecule has 27 heavy (non-hydrogen) atoms. The van der Waals surface area contributed by atoms with E-state index in [0.717, 1.165) is 44.5 Å². The van der Waals surface area contributed by atoms with Gasteiger partial charge in [0.25, 0.3) is 5.91 Å². The lowest BCUT2D eigenvalue weighted by Gasteiger charge is -2.33. The van der Waals surface area contributed by atoms with Gasteiger partial charge in [0.05, 0.1) is 6.61 Å². The lowest BCUT2D eigenvalue weighted by atomic mass is 9.96. The number of nitrogens with one attached hydrogen (secondary N) is 1. The molecule has 2 aliphatic rings. The number of piperidine rings is 1. The number of likely N-dealkylation sites (tertiary alicyclic amines) is 1. The summed E-state index contributed by atoms with van der Waals surface area (Å²) >= 11 is 0. The molecule has 0 unspecified atom stereocenters. The summed E-state index contributed by atoms with van der Waals surface area (Å²) in [6.45, 7) is 6.28. The van der Waals surface area contributed by atoms with Crippen LogP contribution in [0.5, 0.6) is 5.75 Å². The Kier molecular flexibility index (Phi) is 6.75. The van der Waals surface area contributed by atoms with Gasteiger partial charge in [-0.15, -0.1) is 0 Å². The fourth-order valence-electron chi connectivity index (χ4n) is 4.01. The quantitative estimate of drug-likeness (QED) is 0.829. The van der Waals surface area contributed by atoms with Crippen molar-refractivity contribution < 1.29 is 14.3 Å². The van der Waals surface area contributed by atoms with Crippen molar-refractivity contribution in [2.45, 2.75) is 58.4 Å². The average molecular weight is 373 g/mol. The fourth-order valence-corrected chi connectivity index (χ4v) is 4.01. The highest BCUT2D eigenvalue weighted by Gasteiger charge is 2.30. The van der Waals surface area contributed by atoms with Crippen molar-refractivity contribution in [3.63, 3.8) is 0 Å². The monoisotopic (exact) mass is 372 g/mol. The second-order valence-corrected chi connectivity index (χ2v) is 8.21. The SMILES string of the molecule is CC(C)NC(=O)c1ccc(OCC2CCN(C(=O)C3CCCC3)CC2)cc1. The van der Waals surface area contributed by atoms with E-state index in [2.05, 4.69) is 10.2 Å². The Morgan fingerprint density at radius 3 is 2.30 bits per heavy atom. The summed E-state index contributed by atoms with van der Waals surface area (Å²) in [7, 11) is 0. The van der Waals surface area contributed by atoms with Crippen LogP contribution in [0.1, 0.15) is 62.7 Å². The number of ether oxygens (including phenoxy) is 1. The molecule has 1 aliphatic carbocycles. The van der Waals surface area contributed by atoms with Crippen LogP contribution in [0.25, 0.3) is 0 Å². The number of benzene rings is 1. The van der Waals surface area contributed by atoms with Gasteiger partial charge >= 0.3 is 0 Å². The molecule has 5 nitrogen and oxygen atoms in total. The van der Waals surface area contributed by atoms with Crippen molar-refractivity contribution in [2.24, 2.45) is 11.8 Å². The second-order valence-electron chi connectivity index (χ2n) is 8.21. The van der Waals surface area contributed by atoms with Crippen LogP contribution >= 0.6 is 0 Å². The van der Waals surface area contributed by atoms with E-state index in [-0.39, 0.29) is 17.9 Å². The highest BCUT2D eigenvalue weighted by molar-refractivity contribution is 5.94. The van der Waals surface area contributed by atoms with Gasteiger partial charge in [0.2, 0.25) is 5.91 Å². The van der Waals surface area contributed by atoms with Gasteiger partial charge in [-0.3, -0.25) is 9.59 Å². The number of nitrogens with zero attached hydrogens (tertiary/aromatic N) is 1. The Hall–Kier alpha value is -2.04. The van der Waals surface area contributed by atoms with Gasteiger partial charge in [0.1, 0.15) is 5.75 Å². The fraction of sp³-hybridized carbons (Fsp3) is 0.636. The molecule has 1 aromatic rings. The Morgan fingerprint density at radius 2 is 1.70 bits per heavy atom. The summed E-state index contributed by atoms with van der Waals surface area (Å²) in [5.41, 5.74) is 0.648. The molecule has 1 aliphatic heterocycles. The minimum Gasteiger partial charge on any atom is -0.493 e. The lowest BCUT2D eigenvalue weighted by molar-refractivity contribution is -0.136. The molecule has 0 aromatic heterocycles. The summed E-state index contributed by atoms with van der Waals surface area (Å²) in [5.74, 6) is 1.88. The van der Waals surface area contributed by atoms with E-state index < -0.39 is 0 Å². The summed E-state index contributed by atoms with van der Waals surface area (Å²) in [6.07, 6.45) is 6.58. The van der Waals surface area contributed by atoms with Crippen LogP contribution in [0.2, 0.25) is 0 Å². The third-order valence-electron chi connectivity index (χ3n) is 5.65. The van der Waals surface area contributed by atoms with E-state index in [4.69, 9.17) is 4.74 Å². The number of carbonyl (C=O) groups excluding carboxylic acids is 2. The smallest absolute Gasteiger partial charge is 0.251 e. The van der Waals surface area contributed by atoms with Crippen LogP contribution in [-0.2, 0) is 4.79 Å². The first-order valence-corrected chi connectivity index (χ1v) is 10.4. The molecule has 0 spiro atoms. The molecular weight excluding hydrogens is 340 g/mol. The minimum atomic E-state index is -0.0594. The molecule has 2 fully saturated rings. The standard InChI is InChI=1S/C22H32N2O3/c1-16(2)23-21(25)18-7-9-20(10-8-18)27-15-17-11-13-24(14-12-17)22(26)19-5-3-4-6-19/h7-10,16-17,19H,3-6,11-15H2,1-2H3,(H,23,25). The van der Waals surface area contributed by atoms with Crippen LogP contribution in [-0.4, -0.2) is 42.5 Å². The van der Waals surface area contributed by atoms with Crippen molar-refractivity contribution in [3.8, 4) is 5.75 Å². The summed E-state index contributed by atoms with van der Waals surface area (Å²) < 4.78 is 5.92. The van der Waals surface area contributed by atoms with Crippen LogP contribution in [0.15, 0.2) is 24.3 Å². The van der Waals surface area contributed by atoms with Gasteiger partial charge in [-0.05, 0) is 69.7 Å². The van der Waals surface area contributed by atoms with Gasteiger partial charge in [0, 0.05) is 30.6 Å². The van der Waals surface area contributed by atoms with E-state index >= 15 is 0 Å². The molecule has 1 saturated heterocycles. The van der Waals surface area contributed by atoms with Gasteiger partial charge in [-0.25, -0.2) is 0 Å². The van der Waals surface area contributed by atoms with Crippen LogP contribution < -0.4 is 10.1 Å². The van der Waals surface area contributed by atoms with Gasteiger partial charge in [-0.2, -0.15) is 0 Å². The van der Waals surface area contributed by atoms with Crippen LogP contribution in [0, 0.1) is 11.8 Å². The molecule has 148 valence electrons. The van der Waals surface area contributed by atoms with E-state index in [1.54, 1.807) is 12.1 Å². The highest BCUT2D eigenvalue weighted by Crippen LogP contribution is 2.28. The minimum absolute atomic E-state index is 0.0594. The van der Waals surface area contributed by atoms with E-state index in [1.165, 1.54) is 12.8 Å². The number of hydrogen-bond donors (Lipinski definition) is 1. The second kappa shape index (κ2) is 9.25. The molecule has 1 N–H and O–H groups in total. The van der Waals surface area contributed by atoms with Crippen molar-refractivity contribution in [3.05, 3.63) is 29.8 Å². The summed E-state index contributed by atoms with van der Waals surface area (Å²) in [4.78, 5) is 26.5. The van der Waals surface area contributed by atoms with Crippen LogP contribution in [0.3, 0.4) is 0 Å². The first-order chi connectivity index (χ1) is 13.0. The molecule has 0 bridgehead atoms. The predicted octanol–water partition coefficient (Wildman–Crippen LogP) is 3.63. The summed E-state index contributed by atoms with van der Waals surface area (Å²) in [5, 5.41) is 2.88. The molecule has 1 saturated carbocycles. The normalized spacial score (nSPS) is 18.7. The molecular formula is C22H32N2O3. The molecule has 2 amide bonds. The van der Waals surface area contributed by atoms with Crippen molar-refractivity contribution in [1.82, 2.24) is 10.2 Å². The number of hydrogen-bond acceptors (Lipinski definition) is 3. The maximum Gasteiger partial charge on any atom is 0.251 e. The lowest BCUT2D eigenvalue weighted by Crippen LogP contribution is -2.42. The molecule has 0 radical (unpaired) electrons. The Labute approximate surface area is 162 Å². The molecule has 1 heterocycles. The van der Waals surface area contributed by atoms with E-state index in [1.807, 2.05) is 26.0 Å². The Bertz CT molecular complexity index is 627. The molecule has 3 rings (SSSR count). The van der Waals surface area contributed by atoms with Gasteiger partial charge in [-0.1, -0.05) is 12.8 Å².